The molecule has 0 saturated heterocycles. The summed E-state index contributed by atoms with van der Waals surface area (Å²) in [6.45, 7) is 2.98. The van der Waals surface area contributed by atoms with E-state index in [2.05, 4.69) is 40.3 Å². The second-order valence-corrected chi connectivity index (χ2v) is 6.37. The van der Waals surface area contributed by atoms with Crippen molar-refractivity contribution in [2.24, 2.45) is 0 Å². The first-order valence-corrected chi connectivity index (χ1v) is 8.08. The van der Waals surface area contributed by atoms with Crippen molar-refractivity contribution in [2.75, 3.05) is 6.54 Å². The first-order chi connectivity index (χ1) is 9.60. The number of benzene rings is 2. The zero-order valence-electron chi connectivity index (χ0n) is 11.2. The maximum absolute atomic E-state index is 6.36. The van der Waals surface area contributed by atoms with Crippen LogP contribution in [-0.2, 0) is 6.42 Å². The molecule has 2 rings (SSSR count). The first kappa shape index (κ1) is 15.8. The van der Waals surface area contributed by atoms with Gasteiger partial charge in [-0.15, -0.1) is 0 Å². The first-order valence-electron chi connectivity index (χ1n) is 6.53. The molecule has 0 saturated carbocycles. The van der Waals surface area contributed by atoms with Gasteiger partial charge >= 0.3 is 0 Å². The van der Waals surface area contributed by atoms with Crippen LogP contribution in [0, 0.1) is 0 Å². The van der Waals surface area contributed by atoms with Gasteiger partial charge in [0.2, 0.25) is 0 Å². The van der Waals surface area contributed by atoms with E-state index in [9.17, 15) is 0 Å². The molecule has 0 aromatic heterocycles. The SMILES string of the molecule is CCNC(Cc1cccc(Cl)c1)c1ccc(Br)cc1Cl. The molecule has 106 valence electrons. The Morgan fingerprint density at radius 1 is 1.15 bits per heavy atom. The van der Waals surface area contributed by atoms with Crippen LogP contribution in [0.1, 0.15) is 24.1 Å². The van der Waals surface area contributed by atoms with Crippen LogP contribution < -0.4 is 5.32 Å². The molecule has 0 radical (unpaired) electrons. The molecule has 0 bridgehead atoms. The monoisotopic (exact) mass is 371 g/mol. The Kier molecular flexibility index (Phi) is 5.91. The van der Waals surface area contributed by atoms with Gasteiger partial charge in [0.25, 0.3) is 0 Å². The number of halogens is 3. The Morgan fingerprint density at radius 3 is 2.60 bits per heavy atom. The van der Waals surface area contributed by atoms with Crippen molar-refractivity contribution < 1.29 is 0 Å². The molecule has 0 aliphatic heterocycles. The van der Waals surface area contributed by atoms with E-state index in [1.165, 1.54) is 5.56 Å². The highest BCUT2D eigenvalue weighted by Crippen LogP contribution is 2.29. The van der Waals surface area contributed by atoms with Crippen LogP contribution in [0.4, 0.5) is 0 Å². The van der Waals surface area contributed by atoms with Crippen LogP contribution >= 0.6 is 39.1 Å². The van der Waals surface area contributed by atoms with Gasteiger partial charge in [0.15, 0.2) is 0 Å². The minimum Gasteiger partial charge on any atom is -0.310 e. The summed E-state index contributed by atoms with van der Waals surface area (Å²) in [4.78, 5) is 0. The standard InChI is InChI=1S/C16H16BrCl2N/c1-2-20-16(9-11-4-3-5-13(18)8-11)14-7-6-12(17)10-15(14)19/h3-8,10,16,20H,2,9H2,1H3. The van der Waals surface area contributed by atoms with E-state index in [1.54, 1.807) is 0 Å². The molecule has 0 fully saturated rings. The predicted octanol–water partition coefficient (Wildman–Crippen LogP) is 5.65. The molecule has 4 heteroatoms. The van der Waals surface area contributed by atoms with Gasteiger partial charge in [-0.2, -0.15) is 0 Å². The molecular formula is C16H16BrCl2N. The number of nitrogens with one attached hydrogen (secondary N) is 1. The average Bonchev–Trinajstić information content (AvgIpc) is 2.38. The van der Waals surface area contributed by atoms with Gasteiger partial charge in [-0.05, 0) is 48.4 Å². The van der Waals surface area contributed by atoms with Crippen molar-refractivity contribution in [3.8, 4) is 0 Å². The molecule has 0 heterocycles. The summed E-state index contributed by atoms with van der Waals surface area (Å²) in [5.74, 6) is 0. The molecule has 0 aliphatic carbocycles. The van der Waals surface area contributed by atoms with Crippen LogP contribution in [-0.4, -0.2) is 6.54 Å². The minimum absolute atomic E-state index is 0.180. The normalized spacial score (nSPS) is 12.4. The lowest BCUT2D eigenvalue weighted by Gasteiger charge is -2.20. The van der Waals surface area contributed by atoms with Crippen LogP contribution in [0.3, 0.4) is 0 Å². The number of rotatable bonds is 5. The summed E-state index contributed by atoms with van der Waals surface area (Å²) in [7, 11) is 0. The fourth-order valence-electron chi connectivity index (χ4n) is 2.22. The molecule has 2 aromatic carbocycles. The Bertz CT molecular complexity index is 586. The Labute approximate surface area is 138 Å². The molecule has 0 aliphatic rings. The molecule has 1 atom stereocenters. The molecule has 1 unspecified atom stereocenters. The molecule has 0 amide bonds. The van der Waals surface area contributed by atoms with Crippen molar-refractivity contribution in [3.63, 3.8) is 0 Å². The van der Waals surface area contributed by atoms with E-state index in [0.717, 1.165) is 33.0 Å². The third-order valence-electron chi connectivity index (χ3n) is 3.12. The molecule has 0 spiro atoms. The quantitative estimate of drug-likeness (QED) is 0.714. The zero-order valence-corrected chi connectivity index (χ0v) is 14.3. The largest absolute Gasteiger partial charge is 0.310 e. The van der Waals surface area contributed by atoms with E-state index in [1.807, 2.05) is 30.3 Å². The molecule has 1 N–H and O–H groups in total. The van der Waals surface area contributed by atoms with Gasteiger partial charge in [-0.3, -0.25) is 0 Å². The second-order valence-electron chi connectivity index (χ2n) is 4.61. The van der Waals surface area contributed by atoms with Crippen molar-refractivity contribution in [3.05, 3.63) is 68.1 Å². The highest BCUT2D eigenvalue weighted by atomic mass is 79.9. The number of hydrogen-bond donors (Lipinski definition) is 1. The maximum atomic E-state index is 6.36. The maximum Gasteiger partial charge on any atom is 0.0465 e. The summed E-state index contributed by atoms with van der Waals surface area (Å²) in [5, 5.41) is 5.02. The molecule has 1 nitrogen and oxygen atoms in total. The van der Waals surface area contributed by atoms with Gasteiger partial charge in [-0.25, -0.2) is 0 Å². The van der Waals surface area contributed by atoms with Gasteiger partial charge in [0.05, 0.1) is 0 Å². The lowest BCUT2D eigenvalue weighted by Crippen LogP contribution is -2.23. The zero-order chi connectivity index (χ0) is 14.5. The third kappa shape index (κ3) is 4.23. The third-order valence-corrected chi connectivity index (χ3v) is 4.17. The predicted molar refractivity (Wildman–Crippen MR) is 90.7 cm³/mol. The van der Waals surface area contributed by atoms with Gasteiger partial charge in [-0.1, -0.05) is 64.3 Å². The minimum atomic E-state index is 0.180. The second kappa shape index (κ2) is 7.46. The van der Waals surface area contributed by atoms with E-state index in [0.29, 0.717) is 0 Å². The lowest BCUT2D eigenvalue weighted by molar-refractivity contribution is 0.550. The van der Waals surface area contributed by atoms with Gasteiger partial charge < -0.3 is 5.32 Å². The fourth-order valence-corrected chi connectivity index (χ4v) is 3.24. The van der Waals surface area contributed by atoms with Crippen molar-refractivity contribution >= 4 is 39.1 Å². The molecule has 2 aromatic rings. The summed E-state index contributed by atoms with van der Waals surface area (Å²) >= 11 is 15.9. The highest BCUT2D eigenvalue weighted by molar-refractivity contribution is 9.10. The summed E-state index contributed by atoms with van der Waals surface area (Å²) in [5.41, 5.74) is 2.30. The Balaban J connectivity index is 2.26. The van der Waals surface area contributed by atoms with Crippen molar-refractivity contribution in [2.45, 2.75) is 19.4 Å². The highest BCUT2D eigenvalue weighted by Gasteiger charge is 2.14. The van der Waals surface area contributed by atoms with Crippen LogP contribution in [0.5, 0.6) is 0 Å². The Hall–Kier alpha value is -0.540. The van der Waals surface area contributed by atoms with Gasteiger partial charge in [0, 0.05) is 20.6 Å². The Morgan fingerprint density at radius 2 is 1.95 bits per heavy atom. The van der Waals surface area contributed by atoms with E-state index >= 15 is 0 Å². The molecular weight excluding hydrogens is 357 g/mol. The summed E-state index contributed by atoms with van der Waals surface area (Å²) in [6.07, 6.45) is 0.857. The topological polar surface area (TPSA) is 12.0 Å². The smallest absolute Gasteiger partial charge is 0.0465 e. The lowest BCUT2D eigenvalue weighted by atomic mass is 9.99. The van der Waals surface area contributed by atoms with E-state index in [4.69, 9.17) is 23.2 Å². The van der Waals surface area contributed by atoms with Crippen LogP contribution in [0.15, 0.2) is 46.9 Å². The summed E-state index contributed by atoms with van der Waals surface area (Å²) in [6, 6.07) is 14.1. The van der Waals surface area contributed by atoms with Crippen LogP contribution in [0.25, 0.3) is 0 Å². The van der Waals surface area contributed by atoms with Gasteiger partial charge in [0.1, 0.15) is 0 Å². The van der Waals surface area contributed by atoms with Crippen molar-refractivity contribution in [1.29, 1.82) is 0 Å². The van der Waals surface area contributed by atoms with Crippen molar-refractivity contribution in [1.82, 2.24) is 5.32 Å². The number of likely N-dealkylation sites (N-methyl/N-ethyl adjacent to an activating group) is 1. The number of hydrogen-bond acceptors (Lipinski definition) is 1. The van der Waals surface area contributed by atoms with E-state index < -0.39 is 0 Å². The average molecular weight is 373 g/mol. The van der Waals surface area contributed by atoms with Crippen LogP contribution in [0.2, 0.25) is 10.0 Å². The fraction of sp³-hybridized carbons (Fsp3) is 0.250. The summed E-state index contributed by atoms with van der Waals surface area (Å²) < 4.78 is 0.990. The molecule has 20 heavy (non-hydrogen) atoms. The van der Waals surface area contributed by atoms with E-state index in [-0.39, 0.29) is 6.04 Å².